The number of allylic oxidation sites excluding steroid dienone is 8. The molecule has 11 heteroatoms. The molecule has 0 fully saturated rings. The van der Waals surface area contributed by atoms with Crippen molar-refractivity contribution in [2.24, 2.45) is 0 Å². The molecule has 3 atom stereocenters. The minimum absolute atomic E-state index is 0.0616. The number of unbranched alkanes of at least 4 members (excludes halogenated alkanes) is 4. The molecule has 10 nitrogen and oxygen atoms in total. The van der Waals surface area contributed by atoms with Gasteiger partial charge in [-0.1, -0.05) is 88.1 Å². The van der Waals surface area contributed by atoms with Crippen molar-refractivity contribution in [3.63, 3.8) is 0 Å². The lowest BCUT2D eigenvalue weighted by molar-refractivity contribution is -0.161. The quantitative estimate of drug-likeness (QED) is 0.0475. The van der Waals surface area contributed by atoms with Gasteiger partial charge in [-0.3, -0.25) is 18.6 Å². The molecular formula is C30H51O10P. The fourth-order valence-electron chi connectivity index (χ4n) is 3.24. The van der Waals surface area contributed by atoms with E-state index in [2.05, 4.69) is 48.8 Å². The summed E-state index contributed by atoms with van der Waals surface area (Å²) >= 11 is 0. The highest BCUT2D eigenvalue weighted by atomic mass is 31.2. The molecule has 0 aliphatic carbocycles. The molecule has 0 bridgehead atoms. The summed E-state index contributed by atoms with van der Waals surface area (Å²) < 4.78 is 32.1. The Bertz CT molecular complexity index is 837. The molecule has 236 valence electrons. The summed E-state index contributed by atoms with van der Waals surface area (Å²) in [6, 6.07) is 0. The summed E-state index contributed by atoms with van der Waals surface area (Å²) in [5.74, 6) is -1.04. The number of esters is 2. The zero-order valence-corrected chi connectivity index (χ0v) is 25.6. The Morgan fingerprint density at radius 3 is 1.95 bits per heavy atom. The number of aliphatic hydroxyl groups excluding tert-OH is 2. The van der Waals surface area contributed by atoms with E-state index in [0.717, 1.165) is 51.4 Å². The number of hydrogen-bond acceptors (Lipinski definition) is 9. The Morgan fingerprint density at radius 1 is 0.756 bits per heavy atom. The van der Waals surface area contributed by atoms with E-state index in [-0.39, 0.29) is 19.4 Å². The van der Waals surface area contributed by atoms with Crippen LogP contribution in [0.15, 0.2) is 48.6 Å². The molecule has 0 aromatic carbocycles. The zero-order valence-electron chi connectivity index (χ0n) is 24.7. The number of phosphoric acid groups is 1. The van der Waals surface area contributed by atoms with Gasteiger partial charge in [0.15, 0.2) is 6.10 Å². The topological polar surface area (TPSA) is 149 Å². The van der Waals surface area contributed by atoms with Crippen LogP contribution in [-0.2, 0) is 32.7 Å². The average Bonchev–Trinajstić information content (AvgIpc) is 2.95. The highest BCUT2D eigenvalue weighted by Crippen LogP contribution is 2.43. The molecule has 3 unspecified atom stereocenters. The van der Waals surface area contributed by atoms with Crippen LogP contribution in [0.4, 0.5) is 0 Å². The fourth-order valence-corrected chi connectivity index (χ4v) is 4.03. The molecule has 0 spiro atoms. The van der Waals surface area contributed by atoms with E-state index >= 15 is 0 Å². The molecular weight excluding hydrogens is 551 g/mol. The normalized spacial score (nSPS) is 15.1. The number of hydrogen-bond donors (Lipinski definition) is 3. The van der Waals surface area contributed by atoms with E-state index < -0.39 is 51.8 Å². The monoisotopic (exact) mass is 602 g/mol. The van der Waals surface area contributed by atoms with Crippen molar-refractivity contribution in [1.82, 2.24) is 0 Å². The van der Waals surface area contributed by atoms with Crippen LogP contribution in [0.3, 0.4) is 0 Å². The van der Waals surface area contributed by atoms with Crippen LogP contribution in [0.5, 0.6) is 0 Å². The average molecular weight is 603 g/mol. The van der Waals surface area contributed by atoms with Crippen molar-refractivity contribution in [3.8, 4) is 0 Å². The first-order valence-electron chi connectivity index (χ1n) is 14.6. The van der Waals surface area contributed by atoms with E-state index in [1.54, 1.807) is 0 Å². The number of rotatable bonds is 26. The molecule has 3 N–H and O–H groups in total. The third kappa shape index (κ3) is 26.6. The Labute approximate surface area is 245 Å². The molecule has 0 aliphatic rings. The maximum absolute atomic E-state index is 12.3. The molecule has 0 aromatic heterocycles. The van der Waals surface area contributed by atoms with Crippen LogP contribution in [0.1, 0.15) is 90.9 Å². The number of carbonyl (C=O) groups excluding carboxylic acids is 2. The van der Waals surface area contributed by atoms with Crippen LogP contribution in [0, 0.1) is 0 Å². The van der Waals surface area contributed by atoms with Crippen molar-refractivity contribution in [2.75, 3.05) is 26.4 Å². The maximum atomic E-state index is 12.3. The van der Waals surface area contributed by atoms with Crippen LogP contribution < -0.4 is 0 Å². The van der Waals surface area contributed by atoms with E-state index in [9.17, 15) is 24.2 Å². The van der Waals surface area contributed by atoms with Crippen molar-refractivity contribution in [1.29, 1.82) is 0 Å². The van der Waals surface area contributed by atoms with Gasteiger partial charge in [-0.25, -0.2) is 4.57 Å². The highest BCUT2D eigenvalue weighted by molar-refractivity contribution is 7.47. The Morgan fingerprint density at radius 2 is 1.34 bits per heavy atom. The largest absolute Gasteiger partial charge is 0.472 e. The second-order valence-electron chi connectivity index (χ2n) is 9.40. The van der Waals surface area contributed by atoms with Crippen LogP contribution in [0.25, 0.3) is 0 Å². The van der Waals surface area contributed by atoms with Crippen molar-refractivity contribution < 1.29 is 47.8 Å². The number of phosphoric ester groups is 1. The minimum atomic E-state index is -4.61. The predicted molar refractivity (Wildman–Crippen MR) is 159 cm³/mol. The molecule has 0 aliphatic heterocycles. The van der Waals surface area contributed by atoms with Crippen molar-refractivity contribution in [3.05, 3.63) is 48.6 Å². The molecule has 0 heterocycles. The van der Waals surface area contributed by atoms with Gasteiger partial charge >= 0.3 is 19.8 Å². The molecule has 0 saturated heterocycles. The van der Waals surface area contributed by atoms with E-state index in [4.69, 9.17) is 19.1 Å². The standard InChI is InChI=1S/C30H51O10P/c1-3-5-7-9-10-11-12-13-14-15-16-18-20-22-30(34)40-28(25-37-29(33)21-19-17-8-6-4-2)26-39-41(35,36)38-24-27(32)23-31/h5,7,10-11,13-14,16,18,27-28,31-32H,3-4,6,8-9,12,15,17,19-26H2,1-2H3,(H,35,36)/b7-5-,11-10-,14-13-,18-16-. The van der Waals surface area contributed by atoms with Crippen LogP contribution in [-0.4, -0.2) is 65.7 Å². The second kappa shape index (κ2) is 26.8. The molecule has 41 heavy (non-hydrogen) atoms. The summed E-state index contributed by atoms with van der Waals surface area (Å²) in [5.41, 5.74) is 0. The van der Waals surface area contributed by atoms with Gasteiger partial charge in [-0.2, -0.15) is 0 Å². The first-order chi connectivity index (χ1) is 19.7. The summed E-state index contributed by atoms with van der Waals surface area (Å²) in [5, 5.41) is 18.1. The third-order valence-corrected chi connectivity index (χ3v) is 6.46. The summed E-state index contributed by atoms with van der Waals surface area (Å²) in [7, 11) is -4.61. The molecule has 0 amide bonds. The second-order valence-corrected chi connectivity index (χ2v) is 10.8. The van der Waals surface area contributed by atoms with E-state index in [0.29, 0.717) is 12.8 Å². The van der Waals surface area contributed by atoms with E-state index in [1.807, 2.05) is 18.2 Å². The summed E-state index contributed by atoms with van der Waals surface area (Å²) in [6.07, 6.45) is 23.1. The summed E-state index contributed by atoms with van der Waals surface area (Å²) in [4.78, 5) is 34.2. The highest BCUT2D eigenvalue weighted by Gasteiger charge is 2.27. The first kappa shape index (κ1) is 38.9. The Hall–Kier alpha value is -2.07. The van der Waals surface area contributed by atoms with Gasteiger partial charge in [0.25, 0.3) is 0 Å². The molecule has 0 aromatic rings. The Balaban J connectivity index is 4.61. The molecule has 0 radical (unpaired) electrons. The van der Waals surface area contributed by atoms with Gasteiger partial charge < -0.3 is 24.6 Å². The Kier molecular flexibility index (Phi) is 25.5. The lowest BCUT2D eigenvalue weighted by atomic mass is 10.1. The van der Waals surface area contributed by atoms with Gasteiger partial charge in [0.1, 0.15) is 12.7 Å². The zero-order chi connectivity index (χ0) is 30.6. The van der Waals surface area contributed by atoms with Gasteiger partial charge in [0, 0.05) is 12.8 Å². The SMILES string of the molecule is CC/C=C\C/C=C\C/C=C\C/C=C\CCC(=O)OC(COC(=O)CCCCCCC)COP(=O)(O)OCC(O)CO. The number of carbonyl (C=O) groups is 2. The maximum Gasteiger partial charge on any atom is 0.472 e. The minimum Gasteiger partial charge on any atom is -0.462 e. The first-order valence-corrected chi connectivity index (χ1v) is 16.1. The van der Waals surface area contributed by atoms with Crippen molar-refractivity contribution in [2.45, 2.75) is 103 Å². The van der Waals surface area contributed by atoms with Gasteiger partial charge in [-0.15, -0.1) is 0 Å². The molecule has 0 saturated carbocycles. The van der Waals surface area contributed by atoms with Crippen LogP contribution >= 0.6 is 7.82 Å². The smallest absolute Gasteiger partial charge is 0.462 e. The third-order valence-electron chi connectivity index (χ3n) is 5.51. The lowest BCUT2D eigenvalue weighted by Crippen LogP contribution is -2.29. The summed E-state index contributed by atoms with van der Waals surface area (Å²) in [6.45, 7) is 2.01. The van der Waals surface area contributed by atoms with Gasteiger partial charge in [0.2, 0.25) is 0 Å². The van der Waals surface area contributed by atoms with Crippen molar-refractivity contribution >= 4 is 19.8 Å². The molecule has 0 rings (SSSR count). The van der Waals surface area contributed by atoms with Crippen LogP contribution in [0.2, 0.25) is 0 Å². The lowest BCUT2D eigenvalue weighted by Gasteiger charge is -2.20. The fraction of sp³-hybridized carbons (Fsp3) is 0.667. The number of ether oxygens (including phenoxy) is 2. The number of aliphatic hydroxyl groups is 2. The van der Waals surface area contributed by atoms with Gasteiger partial charge in [0.05, 0.1) is 19.8 Å². The van der Waals surface area contributed by atoms with E-state index in [1.165, 1.54) is 0 Å². The predicted octanol–water partition coefficient (Wildman–Crippen LogP) is 5.87. The van der Waals surface area contributed by atoms with Gasteiger partial charge in [-0.05, 0) is 38.5 Å².